The van der Waals surface area contributed by atoms with Gasteiger partial charge in [0.15, 0.2) is 11.7 Å². The smallest absolute Gasteiger partial charge is 0.309 e. The van der Waals surface area contributed by atoms with Crippen LogP contribution in [0.1, 0.15) is 43.1 Å². The molecule has 0 aliphatic carbocycles. The molecule has 4 heterocycles. The predicted molar refractivity (Wildman–Crippen MR) is 119 cm³/mol. The summed E-state index contributed by atoms with van der Waals surface area (Å²) in [6.45, 7) is 1.91. The van der Waals surface area contributed by atoms with Crippen LogP contribution in [-0.2, 0) is 10.2 Å². The number of halogens is 3. The van der Waals surface area contributed by atoms with E-state index in [1.54, 1.807) is 42.4 Å². The number of fused-ring (bicyclic) bond motifs is 2. The van der Waals surface area contributed by atoms with E-state index >= 15 is 0 Å². The van der Waals surface area contributed by atoms with E-state index in [0.29, 0.717) is 17.1 Å². The highest BCUT2D eigenvalue weighted by molar-refractivity contribution is 6.43. The number of aromatic nitrogens is 2. The van der Waals surface area contributed by atoms with Gasteiger partial charge in [-0.25, -0.2) is 20.4 Å². The number of benzene rings is 1. The van der Waals surface area contributed by atoms with E-state index in [4.69, 9.17) is 0 Å². The zero-order chi connectivity index (χ0) is 24.1. The molecule has 0 spiro atoms. The third-order valence-electron chi connectivity index (χ3n) is 6.04. The van der Waals surface area contributed by atoms with Gasteiger partial charge in [-0.15, -0.1) is 0 Å². The summed E-state index contributed by atoms with van der Waals surface area (Å²) < 4.78 is 37.9. The Balaban J connectivity index is 1.51. The first-order chi connectivity index (χ1) is 16.2. The van der Waals surface area contributed by atoms with Gasteiger partial charge in [0, 0.05) is 6.42 Å². The fourth-order valence-corrected chi connectivity index (χ4v) is 4.30. The maximum atomic E-state index is 13.2. The lowest BCUT2D eigenvalue weighted by atomic mass is 9.78. The van der Waals surface area contributed by atoms with Crippen LogP contribution < -0.4 is 16.3 Å². The molecule has 176 valence electrons. The minimum atomic E-state index is -4.26. The Kier molecular flexibility index (Phi) is 5.12. The van der Waals surface area contributed by atoms with Crippen LogP contribution in [0.25, 0.3) is 5.70 Å². The Morgan fingerprint density at radius 1 is 1.18 bits per heavy atom. The Morgan fingerprint density at radius 2 is 1.94 bits per heavy atom. The number of amides is 1. The van der Waals surface area contributed by atoms with Crippen LogP contribution in [0.5, 0.6) is 0 Å². The molecule has 34 heavy (non-hydrogen) atoms. The van der Waals surface area contributed by atoms with Gasteiger partial charge < -0.3 is 10.3 Å². The second kappa shape index (κ2) is 7.90. The molecule has 0 fully saturated rings. The first kappa shape index (κ1) is 22.0. The van der Waals surface area contributed by atoms with Crippen molar-refractivity contribution >= 4 is 29.0 Å². The number of alkyl halides is 3. The van der Waals surface area contributed by atoms with Crippen LogP contribution in [0.3, 0.4) is 0 Å². The molecule has 1 unspecified atom stereocenters. The number of carbonyl (C=O) groups is 1. The van der Waals surface area contributed by atoms with Crippen molar-refractivity contribution in [3.05, 3.63) is 63.8 Å². The summed E-state index contributed by atoms with van der Waals surface area (Å²) in [7, 11) is 0. The zero-order valence-electron chi connectivity index (χ0n) is 18.0. The van der Waals surface area contributed by atoms with E-state index < -0.39 is 23.6 Å². The average molecular weight is 471 g/mol. The quantitative estimate of drug-likeness (QED) is 0.620. The lowest BCUT2D eigenvalue weighted by Gasteiger charge is -2.23. The van der Waals surface area contributed by atoms with Crippen LogP contribution in [0, 0.1) is 0 Å². The Labute approximate surface area is 191 Å². The molecule has 1 atom stereocenters. The van der Waals surface area contributed by atoms with Crippen molar-refractivity contribution in [2.24, 2.45) is 9.98 Å². The number of hydrazine groups is 1. The third kappa shape index (κ3) is 3.69. The number of nitrogens with zero attached hydrogens (tertiary/aromatic N) is 4. The second-order valence-electron chi connectivity index (χ2n) is 8.29. The number of hydrogen-bond acceptors (Lipinski definition) is 7. The van der Waals surface area contributed by atoms with Gasteiger partial charge in [-0.1, -0.05) is 30.3 Å². The molecule has 0 radical (unpaired) electrons. The average Bonchev–Trinajstić information content (AvgIpc) is 3.36. The van der Waals surface area contributed by atoms with Gasteiger partial charge in [-0.05, 0) is 25.3 Å². The first-order valence-electron chi connectivity index (χ1n) is 10.6. The van der Waals surface area contributed by atoms with Gasteiger partial charge in [0.1, 0.15) is 23.6 Å². The van der Waals surface area contributed by atoms with Crippen molar-refractivity contribution < 1.29 is 18.0 Å². The molecular formula is C22H20F3N7O2. The molecule has 0 saturated heterocycles. The maximum Gasteiger partial charge on any atom is 0.389 e. The van der Waals surface area contributed by atoms with Crippen molar-refractivity contribution in [2.75, 3.05) is 12.0 Å². The summed E-state index contributed by atoms with van der Waals surface area (Å²) in [6.07, 6.45) is -3.76. The number of aromatic amines is 1. The fraction of sp³-hybridized carbons (Fsp3) is 0.318. The predicted octanol–water partition coefficient (Wildman–Crippen LogP) is 2.69. The second-order valence-corrected chi connectivity index (χ2v) is 8.29. The summed E-state index contributed by atoms with van der Waals surface area (Å²) in [5, 5.41) is 4.24. The summed E-state index contributed by atoms with van der Waals surface area (Å²) in [5.41, 5.74) is 2.67. The first-order valence-corrected chi connectivity index (χ1v) is 10.6. The Hall–Kier alpha value is -3.80. The van der Waals surface area contributed by atoms with Crippen molar-refractivity contribution in [3.63, 3.8) is 0 Å². The minimum absolute atomic E-state index is 0.0475. The SMILES string of the molecule is CC1(c2ccccc2)C(=O)Nc2nc(C3=CN4NCN=C4C(CCCC(F)(F)F)=N3)[nH]c(=O)c21. The van der Waals surface area contributed by atoms with Crippen LogP contribution in [0.4, 0.5) is 19.0 Å². The standard InChI is InChI=1S/C22H20F3N7O2/c1-21(12-6-3-2-4-7-12)15-17(31-20(21)34)29-16(30-19(15)33)14-10-32-18(26-11-27-32)13(28-14)8-5-9-22(23,24)25/h2-4,6-7,10,27H,5,8-9,11H2,1H3,(H2,29,30,31,33,34). The van der Waals surface area contributed by atoms with Crippen molar-refractivity contribution in [2.45, 2.75) is 37.8 Å². The van der Waals surface area contributed by atoms with Gasteiger partial charge in [-0.2, -0.15) is 13.2 Å². The summed E-state index contributed by atoms with van der Waals surface area (Å²) >= 11 is 0. The number of anilines is 1. The maximum absolute atomic E-state index is 13.2. The van der Waals surface area contributed by atoms with E-state index in [9.17, 15) is 22.8 Å². The monoisotopic (exact) mass is 471 g/mol. The summed E-state index contributed by atoms with van der Waals surface area (Å²) in [5.74, 6) is 0.258. The lowest BCUT2D eigenvalue weighted by molar-refractivity contribution is -0.135. The van der Waals surface area contributed by atoms with Crippen molar-refractivity contribution in [1.29, 1.82) is 0 Å². The van der Waals surface area contributed by atoms with Crippen LogP contribution >= 0.6 is 0 Å². The molecular weight excluding hydrogens is 451 g/mol. The molecule has 1 amide bonds. The Bertz CT molecular complexity index is 1310. The number of H-pyrrole nitrogens is 1. The molecule has 3 N–H and O–H groups in total. The molecule has 0 saturated carbocycles. The molecule has 2 aromatic rings. The number of amidine groups is 1. The van der Waals surface area contributed by atoms with Gasteiger partial charge in [0.05, 0.1) is 17.5 Å². The summed E-state index contributed by atoms with van der Waals surface area (Å²) in [4.78, 5) is 41.9. The van der Waals surface area contributed by atoms with Gasteiger partial charge in [-0.3, -0.25) is 14.6 Å². The number of rotatable bonds is 5. The van der Waals surface area contributed by atoms with Crippen molar-refractivity contribution in [3.8, 4) is 0 Å². The number of hydrogen-bond donors (Lipinski definition) is 3. The fourth-order valence-electron chi connectivity index (χ4n) is 4.30. The van der Waals surface area contributed by atoms with E-state index in [1.165, 1.54) is 0 Å². The molecule has 9 nitrogen and oxygen atoms in total. The highest BCUT2D eigenvalue weighted by atomic mass is 19.4. The molecule has 5 rings (SSSR count). The molecule has 3 aliphatic rings. The van der Waals surface area contributed by atoms with Crippen LogP contribution in [-0.4, -0.2) is 45.3 Å². The number of carbonyl (C=O) groups excluding carboxylic acids is 1. The van der Waals surface area contributed by atoms with E-state index in [0.717, 1.165) is 0 Å². The highest BCUT2D eigenvalue weighted by Crippen LogP contribution is 2.39. The minimum Gasteiger partial charge on any atom is -0.309 e. The zero-order valence-corrected chi connectivity index (χ0v) is 18.0. The van der Waals surface area contributed by atoms with Gasteiger partial charge >= 0.3 is 6.18 Å². The molecule has 1 aromatic heterocycles. The largest absolute Gasteiger partial charge is 0.389 e. The van der Waals surface area contributed by atoms with E-state index in [2.05, 4.69) is 30.7 Å². The third-order valence-corrected chi connectivity index (χ3v) is 6.04. The van der Waals surface area contributed by atoms with Gasteiger partial charge in [0.25, 0.3) is 5.56 Å². The van der Waals surface area contributed by atoms with Crippen molar-refractivity contribution in [1.82, 2.24) is 20.4 Å². The molecule has 3 aliphatic heterocycles. The normalized spacial score (nSPS) is 21.5. The van der Waals surface area contributed by atoms with Gasteiger partial charge in [0.2, 0.25) is 5.91 Å². The molecule has 0 bridgehead atoms. The topological polar surface area (TPSA) is 115 Å². The van der Waals surface area contributed by atoms with Crippen LogP contribution in [0.2, 0.25) is 0 Å². The number of nitrogens with one attached hydrogen (secondary N) is 3. The van der Waals surface area contributed by atoms with E-state index in [1.807, 2.05) is 6.07 Å². The number of aliphatic imine (C=N–C) groups is 2. The molecule has 12 heteroatoms. The van der Waals surface area contributed by atoms with Crippen LogP contribution in [0.15, 0.2) is 51.3 Å². The Morgan fingerprint density at radius 3 is 2.68 bits per heavy atom. The summed E-state index contributed by atoms with van der Waals surface area (Å²) in [6, 6.07) is 8.92. The highest BCUT2D eigenvalue weighted by Gasteiger charge is 2.47. The van der Waals surface area contributed by atoms with E-state index in [-0.39, 0.29) is 48.3 Å². The lowest BCUT2D eigenvalue weighted by Crippen LogP contribution is -2.39. The molecule has 1 aromatic carbocycles.